The Kier molecular flexibility index (Phi) is 5.01. The molecule has 0 aliphatic carbocycles. The third kappa shape index (κ3) is 3.51. The lowest BCUT2D eigenvalue weighted by Crippen LogP contribution is -2.14. The van der Waals surface area contributed by atoms with E-state index in [0.29, 0.717) is 12.3 Å². The van der Waals surface area contributed by atoms with Crippen LogP contribution in [0.25, 0.3) is 22.8 Å². The van der Waals surface area contributed by atoms with Gasteiger partial charge in [-0.05, 0) is 30.2 Å². The van der Waals surface area contributed by atoms with Gasteiger partial charge in [0.25, 0.3) is 0 Å². The van der Waals surface area contributed by atoms with Crippen molar-refractivity contribution in [3.05, 3.63) is 60.2 Å². The third-order valence-corrected chi connectivity index (χ3v) is 3.62. The van der Waals surface area contributed by atoms with E-state index in [1.165, 1.54) is 4.68 Å². The van der Waals surface area contributed by atoms with E-state index in [0.717, 1.165) is 29.4 Å². The first kappa shape index (κ1) is 15.9. The summed E-state index contributed by atoms with van der Waals surface area (Å²) in [6.07, 6.45) is 3.58. The Bertz CT molecular complexity index is 853. The van der Waals surface area contributed by atoms with E-state index in [1.54, 1.807) is 6.08 Å². The molecule has 122 valence electrons. The van der Waals surface area contributed by atoms with Crippen molar-refractivity contribution in [2.75, 3.05) is 6.61 Å². The van der Waals surface area contributed by atoms with Crippen molar-refractivity contribution in [2.45, 2.75) is 19.8 Å². The average Bonchev–Trinajstić information content (AvgIpc) is 3.04. The number of aromatic nitrogens is 3. The molecule has 0 aliphatic heterocycles. The van der Waals surface area contributed by atoms with Crippen molar-refractivity contribution in [2.24, 2.45) is 0 Å². The predicted molar refractivity (Wildman–Crippen MR) is 94.0 cm³/mol. The van der Waals surface area contributed by atoms with Crippen LogP contribution in [0.15, 0.2) is 54.6 Å². The number of para-hydroxylation sites is 1. The molecule has 0 bridgehead atoms. The van der Waals surface area contributed by atoms with Gasteiger partial charge in [0, 0.05) is 0 Å². The summed E-state index contributed by atoms with van der Waals surface area (Å²) in [4.78, 5) is 12.6. The molecule has 2 aromatic carbocycles. The average molecular weight is 321 g/mol. The molecule has 0 saturated carbocycles. The van der Waals surface area contributed by atoms with Crippen molar-refractivity contribution in [1.82, 2.24) is 15.0 Å². The van der Waals surface area contributed by atoms with Crippen LogP contribution in [-0.4, -0.2) is 27.6 Å². The summed E-state index contributed by atoms with van der Waals surface area (Å²) in [6.45, 7) is 2.45. The van der Waals surface area contributed by atoms with E-state index in [9.17, 15) is 4.79 Å². The van der Waals surface area contributed by atoms with E-state index in [-0.39, 0.29) is 0 Å². The van der Waals surface area contributed by atoms with Crippen molar-refractivity contribution < 1.29 is 9.53 Å². The summed E-state index contributed by atoms with van der Waals surface area (Å²) in [7, 11) is 0. The number of benzene rings is 2. The number of carbonyl (C=O) groups is 1. The number of fused-ring (bicyclic) bond motifs is 1. The number of unbranched alkanes of at least 4 members (excludes halogenated alkanes) is 1. The van der Waals surface area contributed by atoms with E-state index in [1.807, 2.05) is 54.6 Å². The number of esters is 1. The van der Waals surface area contributed by atoms with Crippen LogP contribution in [-0.2, 0) is 9.53 Å². The van der Waals surface area contributed by atoms with E-state index in [4.69, 9.17) is 4.74 Å². The molecule has 5 nitrogen and oxygen atoms in total. The molecule has 5 heteroatoms. The highest BCUT2D eigenvalue weighted by Gasteiger charge is 2.17. The van der Waals surface area contributed by atoms with Crippen LogP contribution >= 0.6 is 0 Å². The first-order valence-corrected chi connectivity index (χ1v) is 8.04. The van der Waals surface area contributed by atoms with Gasteiger partial charge < -0.3 is 4.74 Å². The third-order valence-electron chi connectivity index (χ3n) is 3.62. The van der Waals surface area contributed by atoms with Crippen molar-refractivity contribution in [3.63, 3.8) is 0 Å². The first-order valence-electron chi connectivity index (χ1n) is 8.04. The molecule has 0 saturated heterocycles. The fourth-order valence-corrected chi connectivity index (χ4v) is 2.34. The zero-order chi connectivity index (χ0) is 16.8. The summed E-state index contributed by atoms with van der Waals surface area (Å²) in [6, 6.07) is 17.2. The highest BCUT2D eigenvalue weighted by atomic mass is 16.5. The molecule has 0 atom stereocenters. The number of rotatable bonds is 6. The predicted octanol–water partition coefficient (Wildman–Crippen LogP) is 3.77. The second-order valence-corrected chi connectivity index (χ2v) is 5.42. The lowest BCUT2D eigenvalue weighted by Gasteiger charge is -2.09. The molecule has 1 heterocycles. The van der Waals surface area contributed by atoms with Gasteiger partial charge in [-0.3, -0.25) is 0 Å². The standard InChI is InChI=1S/C19H19N3O2/c1-2-3-13-24-19(23)18(14-15-9-5-4-6-10-15)22-17-12-8-7-11-16(17)20-21-22/h4-12,14H,2-3,13H2,1H3. The van der Waals surface area contributed by atoms with Crippen molar-refractivity contribution in [3.8, 4) is 0 Å². The largest absolute Gasteiger partial charge is 0.461 e. The van der Waals surface area contributed by atoms with Gasteiger partial charge in [0.15, 0.2) is 5.70 Å². The summed E-state index contributed by atoms with van der Waals surface area (Å²) in [5.74, 6) is -0.400. The molecule has 0 spiro atoms. The number of ether oxygens (including phenoxy) is 1. The Labute approximate surface area is 140 Å². The Hall–Kier alpha value is -2.95. The minimum Gasteiger partial charge on any atom is -0.461 e. The maximum atomic E-state index is 12.6. The maximum absolute atomic E-state index is 12.6. The van der Waals surface area contributed by atoms with Crippen LogP contribution < -0.4 is 0 Å². The lowest BCUT2D eigenvalue weighted by molar-refractivity contribution is -0.137. The molecule has 24 heavy (non-hydrogen) atoms. The van der Waals surface area contributed by atoms with Gasteiger partial charge in [-0.2, -0.15) is 0 Å². The molecular weight excluding hydrogens is 302 g/mol. The summed E-state index contributed by atoms with van der Waals surface area (Å²) in [5, 5.41) is 8.26. The molecule has 0 radical (unpaired) electrons. The van der Waals surface area contributed by atoms with Crippen LogP contribution in [0.3, 0.4) is 0 Å². The fourth-order valence-electron chi connectivity index (χ4n) is 2.34. The van der Waals surface area contributed by atoms with E-state index in [2.05, 4.69) is 17.2 Å². The number of carbonyl (C=O) groups excluding carboxylic acids is 1. The molecule has 3 rings (SSSR count). The Morgan fingerprint density at radius 2 is 1.88 bits per heavy atom. The minimum atomic E-state index is -0.400. The number of hydrogen-bond acceptors (Lipinski definition) is 4. The van der Waals surface area contributed by atoms with Gasteiger partial charge in [0.2, 0.25) is 0 Å². The van der Waals surface area contributed by atoms with Gasteiger partial charge in [-0.25, -0.2) is 9.48 Å². The summed E-state index contributed by atoms with van der Waals surface area (Å²) in [5.41, 5.74) is 2.76. The Balaban J connectivity index is 2.01. The van der Waals surface area contributed by atoms with Crippen LogP contribution in [0.2, 0.25) is 0 Å². The molecule has 0 amide bonds. The van der Waals surface area contributed by atoms with E-state index < -0.39 is 5.97 Å². The highest BCUT2D eigenvalue weighted by molar-refractivity contribution is 6.16. The monoisotopic (exact) mass is 321 g/mol. The van der Waals surface area contributed by atoms with Crippen LogP contribution in [0.5, 0.6) is 0 Å². The molecular formula is C19H19N3O2. The highest BCUT2D eigenvalue weighted by Crippen LogP contribution is 2.19. The second kappa shape index (κ2) is 7.55. The first-order chi connectivity index (χ1) is 11.8. The minimum absolute atomic E-state index is 0.353. The quantitative estimate of drug-likeness (QED) is 0.394. The molecule has 0 aliphatic rings. The molecule has 0 unspecified atom stereocenters. The maximum Gasteiger partial charge on any atom is 0.357 e. The van der Waals surface area contributed by atoms with E-state index >= 15 is 0 Å². The van der Waals surface area contributed by atoms with Gasteiger partial charge in [0.05, 0.1) is 12.1 Å². The van der Waals surface area contributed by atoms with Crippen molar-refractivity contribution in [1.29, 1.82) is 0 Å². The fraction of sp³-hybridized carbons (Fsp3) is 0.211. The smallest absolute Gasteiger partial charge is 0.357 e. The van der Waals surface area contributed by atoms with Crippen LogP contribution in [0.4, 0.5) is 0 Å². The molecule has 3 aromatic rings. The molecule has 1 aromatic heterocycles. The molecule has 0 N–H and O–H groups in total. The number of nitrogens with zero attached hydrogens (tertiary/aromatic N) is 3. The van der Waals surface area contributed by atoms with Gasteiger partial charge >= 0.3 is 5.97 Å². The normalized spacial score (nSPS) is 11.6. The number of hydrogen-bond donors (Lipinski definition) is 0. The van der Waals surface area contributed by atoms with Gasteiger partial charge in [-0.15, -0.1) is 5.10 Å². The van der Waals surface area contributed by atoms with Crippen LogP contribution in [0.1, 0.15) is 25.3 Å². The van der Waals surface area contributed by atoms with Crippen molar-refractivity contribution >= 4 is 28.8 Å². The summed E-state index contributed by atoms with van der Waals surface area (Å²) < 4.78 is 6.93. The Morgan fingerprint density at radius 3 is 2.67 bits per heavy atom. The SMILES string of the molecule is CCCCOC(=O)C(=Cc1ccccc1)n1nnc2ccccc21. The zero-order valence-electron chi connectivity index (χ0n) is 13.6. The zero-order valence-corrected chi connectivity index (χ0v) is 13.6. The van der Waals surface area contributed by atoms with Gasteiger partial charge in [0.1, 0.15) is 5.52 Å². The molecule has 0 fully saturated rings. The Morgan fingerprint density at radius 1 is 1.12 bits per heavy atom. The summed E-state index contributed by atoms with van der Waals surface area (Å²) >= 11 is 0. The van der Waals surface area contributed by atoms with Gasteiger partial charge in [-0.1, -0.05) is 61.0 Å². The second-order valence-electron chi connectivity index (χ2n) is 5.42. The van der Waals surface area contributed by atoms with Crippen LogP contribution in [0, 0.1) is 0 Å². The lowest BCUT2D eigenvalue weighted by atomic mass is 10.2. The topological polar surface area (TPSA) is 57.0 Å².